The van der Waals surface area contributed by atoms with Crippen LogP contribution in [0, 0.1) is 11.6 Å². The van der Waals surface area contributed by atoms with E-state index >= 15 is 0 Å². The number of nitrogens with zero attached hydrogens (tertiary/aromatic N) is 4. The van der Waals surface area contributed by atoms with Crippen LogP contribution in [0.5, 0.6) is 0 Å². The van der Waals surface area contributed by atoms with Crippen LogP contribution >= 0.6 is 0 Å². The number of H-pyrrole nitrogens is 1. The quantitative estimate of drug-likeness (QED) is 0.349. The lowest BCUT2D eigenvalue weighted by atomic mass is 9.99. The summed E-state index contributed by atoms with van der Waals surface area (Å²) >= 11 is 0. The molecule has 3 heterocycles. The van der Waals surface area contributed by atoms with E-state index in [1.807, 2.05) is 6.07 Å². The van der Waals surface area contributed by atoms with Gasteiger partial charge in [0.1, 0.15) is 24.3 Å². The Morgan fingerprint density at radius 1 is 1.09 bits per heavy atom. The van der Waals surface area contributed by atoms with Crippen LogP contribution in [-0.2, 0) is 4.84 Å². The molecule has 0 saturated carbocycles. The summed E-state index contributed by atoms with van der Waals surface area (Å²) in [7, 11) is 1.44. The van der Waals surface area contributed by atoms with E-state index in [1.165, 1.54) is 31.5 Å². The first kappa shape index (κ1) is 20.1. The molecule has 4 aromatic rings. The van der Waals surface area contributed by atoms with Gasteiger partial charge in [0.25, 0.3) is 0 Å². The molecule has 1 N–H and O–H groups in total. The zero-order valence-electron chi connectivity index (χ0n) is 17.5. The summed E-state index contributed by atoms with van der Waals surface area (Å²) in [6.07, 6.45) is 7.03. The molecule has 6 nitrogen and oxygen atoms in total. The summed E-state index contributed by atoms with van der Waals surface area (Å²) in [4.78, 5) is 19.1. The normalized spacial score (nSPS) is 14.0. The minimum atomic E-state index is -0.386. The van der Waals surface area contributed by atoms with Crippen molar-refractivity contribution in [3.63, 3.8) is 0 Å². The maximum absolute atomic E-state index is 14.5. The van der Waals surface area contributed by atoms with Gasteiger partial charge >= 0.3 is 0 Å². The number of pyridine rings is 1. The number of aromatic nitrogens is 3. The summed E-state index contributed by atoms with van der Waals surface area (Å²) in [5.74, 6) is -0.244. The van der Waals surface area contributed by atoms with Crippen molar-refractivity contribution < 1.29 is 13.6 Å². The van der Waals surface area contributed by atoms with Gasteiger partial charge in [0.2, 0.25) is 0 Å². The Balaban J connectivity index is 1.71. The first-order chi connectivity index (χ1) is 15.6. The van der Waals surface area contributed by atoms with Gasteiger partial charge in [0.05, 0.1) is 23.0 Å². The van der Waals surface area contributed by atoms with E-state index in [-0.39, 0.29) is 17.2 Å². The fourth-order valence-corrected chi connectivity index (χ4v) is 4.20. The molecule has 0 unspecified atom stereocenters. The van der Waals surface area contributed by atoms with Gasteiger partial charge in [-0.1, -0.05) is 11.2 Å². The third kappa shape index (κ3) is 3.68. The number of anilines is 1. The van der Waals surface area contributed by atoms with E-state index in [9.17, 15) is 8.78 Å². The maximum Gasteiger partial charge on any atom is 0.151 e. The van der Waals surface area contributed by atoms with Crippen molar-refractivity contribution in [3.05, 3.63) is 66.0 Å². The maximum atomic E-state index is 14.5. The smallest absolute Gasteiger partial charge is 0.151 e. The number of para-hydroxylation sites is 1. The molecule has 162 valence electrons. The van der Waals surface area contributed by atoms with Crippen LogP contribution in [0.25, 0.3) is 33.5 Å². The number of nitrogens with one attached hydrogen (secondary N) is 1. The highest BCUT2D eigenvalue weighted by Crippen LogP contribution is 2.40. The van der Waals surface area contributed by atoms with Gasteiger partial charge in [-0.3, -0.25) is 4.98 Å². The zero-order valence-corrected chi connectivity index (χ0v) is 17.5. The number of oxime groups is 1. The Morgan fingerprint density at radius 3 is 2.69 bits per heavy atom. The van der Waals surface area contributed by atoms with Crippen molar-refractivity contribution in [2.45, 2.75) is 12.8 Å². The highest BCUT2D eigenvalue weighted by atomic mass is 19.1. The van der Waals surface area contributed by atoms with Gasteiger partial charge in [0.15, 0.2) is 5.82 Å². The lowest BCUT2D eigenvalue weighted by molar-refractivity contribution is 0.215. The molecule has 2 aromatic heterocycles. The average molecular weight is 433 g/mol. The number of rotatable bonds is 5. The van der Waals surface area contributed by atoms with E-state index in [2.05, 4.69) is 25.0 Å². The number of aromatic amines is 1. The lowest BCUT2D eigenvalue weighted by Crippen LogP contribution is -2.20. The minimum Gasteiger partial charge on any atom is -0.399 e. The molecule has 1 aliphatic heterocycles. The highest BCUT2D eigenvalue weighted by molar-refractivity contribution is 5.92. The number of benzene rings is 2. The topological polar surface area (TPSA) is 66.4 Å². The summed E-state index contributed by atoms with van der Waals surface area (Å²) in [5, 5.41) is 3.75. The molecular formula is C24H21F2N5O. The van der Waals surface area contributed by atoms with E-state index in [4.69, 9.17) is 4.84 Å². The molecule has 0 spiro atoms. The number of hydrogen-bond donors (Lipinski definition) is 1. The Labute approximate surface area is 183 Å². The predicted molar refractivity (Wildman–Crippen MR) is 121 cm³/mol. The second kappa shape index (κ2) is 8.37. The molecule has 1 saturated heterocycles. The van der Waals surface area contributed by atoms with Gasteiger partial charge in [-0.15, -0.1) is 0 Å². The van der Waals surface area contributed by atoms with Gasteiger partial charge in [-0.2, -0.15) is 0 Å². The second-order valence-electron chi connectivity index (χ2n) is 7.69. The second-order valence-corrected chi connectivity index (χ2v) is 7.69. The third-order valence-electron chi connectivity index (χ3n) is 5.60. The van der Waals surface area contributed by atoms with Crippen molar-refractivity contribution in [1.82, 2.24) is 15.0 Å². The van der Waals surface area contributed by atoms with Gasteiger partial charge < -0.3 is 14.7 Å². The molecule has 1 aliphatic rings. The molecule has 0 amide bonds. The predicted octanol–water partition coefficient (Wildman–Crippen LogP) is 5.15. The molecule has 0 atom stereocenters. The van der Waals surface area contributed by atoms with Crippen LogP contribution in [0.2, 0.25) is 0 Å². The van der Waals surface area contributed by atoms with Gasteiger partial charge in [-0.05, 0) is 54.3 Å². The van der Waals surface area contributed by atoms with E-state index in [1.54, 1.807) is 24.5 Å². The summed E-state index contributed by atoms with van der Waals surface area (Å²) < 4.78 is 28.7. The molecule has 0 aliphatic carbocycles. The van der Waals surface area contributed by atoms with Crippen molar-refractivity contribution in [2.75, 3.05) is 25.1 Å². The van der Waals surface area contributed by atoms with Gasteiger partial charge in [-0.25, -0.2) is 13.8 Å². The Kier molecular flexibility index (Phi) is 5.26. The van der Waals surface area contributed by atoms with Crippen LogP contribution in [0.3, 0.4) is 0 Å². The van der Waals surface area contributed by atoms with Crippen molar-refractivity contribution in [2.24, 2.45) is 5.16 Å². The molecular weight excluding hydrogens is 412 g/mol. The third-order valence-corrected chi connectivity index (χ3v) is 5.60. The molecule has 0 bridgehead atoms. The van der Waals surface area contributed by atoms with Crippen molar-refractivity contribution in [3.8, 4) is 22.5 Å². The monoisotopic (exact) mass is 433 g/mol. The Bertz CT molecular complexity index is 1310. The Hall–Kier alpha value is -3.81. The molecule has 0 radical (unpaired) electrons. The molecule has 2 aromatic carbocycles. The SMILES string of the molecule is CO/N=C/c1cc(F)cc(-c2cncc(-c3nc4c(F)cccc4[nH]3)c2N2CCCC2)c1. The average Bonchev–Trinajstić information content (AvgIpc) is 3.47. The zero-order chi connectivity index (χ0) is 22.1. The van der Waals surface area contributed by atoms with Gasteiger partial charge in [0, 0.05) is 31.0 Å². The summed E-state index contributed by atoms with van der Waals surface area (Å²) in [5.41, 5.74) is 4.56. The van der Waals surface area contributed by atoms with Crippen LogP contribution < -0.4 is 4.90 Å². The molecule has 1 fully saturated rings. The fraction of sp³-hybridized carbons (Fsp3) is 0.208. The minimum absolute atomic E-state index is 0.282. The summed E-state index contributed by atoms with van der Waals surface area (Å²) in [6.45, 7) is 1.73. The van der Waals surface area contributed by atoms with Crippen LogP contribution in [0.1, 0.15) is 18.4 Å². The van der Waals surface area contributed by atoms with Crippen molar-refractivity contribution in [1.29, 1.82) is 0 Å². The molecule has 8 heteroatoms. The molecule has 32 heavy (non-hydrogen) atoms. The van der Waals surface area contributed by atoms with Crippen LogP contribution in [-0.4, -0.2) is 41.4 Å². The standard InChI is InChI=1S/C24H21F2N5O/c1-32-28-12-15-9-16(11-17(25)10-15)18-13-27-14-19(23(18)31-7-2-3-8-31)24-29-21-6-4-5-20(26)22(21)30-24/h4-6,9-14H,2-3,7-8H2,1H3,(H,29,30)/b28-12+. The highest BCUT2D eigenvalue weighted by Gasteiger charge is 2.24. The van der Waals surface area contributed by atoms with Crippen LogP contribution in [0.15, 0.2) is 53.9 Å². The first-order valence-corrected chi connectivity index (χ1v) is 10.4. The molecule has 5 rings (SSSR count). The van der Waals surface area contributed by atoms with E-state index in [0.717, 1.165) is 42.7 Å². The first-order valence-electron chi connectivity index (χ1n) is 10.4. The van der Waals surface area contributed by atoms with E-state index < -0.39 is 0 Å². The summed E-state index contributed by atoms with van der Waals surface area (Å²) in [6, 6.07) is 9.52. The fourth-order valence-electron chi connectivity index (χ4n) is 4.20. The van der Waals surface area contributed by atoms with Crippen LogP contribution in [0.4, 0.5) is 14.5 Å². The van der Waals surface area contributed by atoms with E-state index in [0.29, 0.717) is 22.5 Å². The van der Waals surface area contributed by atoms with Crippen molar-refractivity contribution >= 4 is 22.9 Å². The lowest BCUT2D eigenvalue weighted by Gasteiger charge is -2.24. The Morgan fingerprint density at radius 2 is 1.91 bits per heavy atom. The number of imidazole rings is 1. The largest absolute Gasteiger partial charge is 0.399 e. The number of halogens is 2. The number of fused-ring (bicyclic) bond motifs is 1. The number of hydrogen-bond acceptors (Lipinski definition) is 5.